The molecule has 0 N–H and O–H groups in total. The minimum atomic E-state index is -0.605. The second-order valence-corrected chi connectivity index (χ2v) is 1.85. The molecule has 0 radical (unpaired) electrons. The number of nitrogens with zero attached hydrogens (tertiary/aromatic N) is 3. The first-order valence-corrected chi connectivity index (χ1v) is 2.59. The summed E-state index contributed by atoms with van der Waals surface area (Å²) >= 11 is 5.10. The van der Waals surface area contributed by atoms with E-state index < -0.39 is 5.28 Å². The summed E-state index contributed by atoms with van der Waals surface area (Å²) in [6.45, 7) is 0. The number of hydrogen-bond donors (Lipinski definition) is 0. The zero-order valence-corrected chi connectivity index (χ0v) is 5.35. The zero-order chi connectivity index (χ0) is 7.72. The SMILES string of the molecule is [NaH].[O-][n+]1c[n+]([O-])c(Cl)[n+]([O-])c1. The monoisotopic (exact) mass is 187 g/mol. The molecule has 11 heavy (non-hydrogen) atoms. The summed E-state index contributed by atoms with van der Waals surface area (Å²) in [6, 6.07) is 0. The largest absolute Gasteiger partial charge is 0.610 e. The van der Waals surface area contributed by atoms with Gasteiger partial charge in [-0.25, -0.2) is 0 Å². The van der Waals surface area contributed by atoms with Crippen molar-refractivity contribution in [1.82, 2.24) is 0 Å². The van der Waals surface area contributed by atoms with Gasteiger partial charge in [0.25, 0.3) is 0 Å². The van der Waals surface area contributed by atoms with Gasteiger partial charge in [-0.05, 0) is 9.46 Å². The number of aromatic nitrogens is 3. The Hall–Kier alpha value is -0.300. The van der Waals surface area contributed by atoms with Crippen LogP contribution in [0.4, 0.5) is 0 Å². The van der Waals surface area contributed by atoms with Crippen molar-refractivity contribution in [3.63, 3.8) is 0 Å². The van der Waals surface area contributed by atoms with Gasteiger partial charge in [0, 0.05) is 0 Å². The van der Waals surface area contributed by atoms with Crippen LogP contribution in [0.2, 0.25) is 5.28 Å². The van der Waals surface area contributed by atoms with E-state index in [1.165, 1.54) is 0 Å². The Bertz CT molecular complexity index is 247. The Morgan fingerprint density at radius 1 is 1.09 bits per heavy atom. The molecule has 0 unspecified atom stereocenters. The third-order valence-corrected chi connectivity index (χ3v) is 1.13. The molecule has 0 aromatic carbocycles. The van der Waals surface area contributed by atoms with Crippen LogP contribution in [0, 0.1) is 15.6 Å². The van der Waals surface area contributed by atoms with Gasteiger partial charge in [0.15, 0.2) is 0 Å². The summed E-state index contributed by atoms with van der Waals surface area (Å²) in [7, 11) is 0. The molecule has 0 fully saturated rings. The van der Waals surface area contributed by atoms with Crippen molar-refractivity contribution in [2.45, 2.75) is 0 Å². The maximum absolute atomic E-state index is 10.4. The van der Waals surface area contributed by atoms with Crippen LogP contribution in [0.15, 0.2) is 12.7 Å². The average molecular weight is 188 g/mol. The Morgan fingerprint density at radius 3 is 1.82 bits per heavy atom. The molecule has 1 aromatic rings. The Balaban J connectivity index is 0.000001000. The molecular formula is C3H3ClN3NaO3. The fraction of sp³-hybridized carbons (Fsp3) is 0. The normalized spacial score (nSPS) is 8.82. The molecule has 0 aliphatic rings. The number of rotatable bonds is 0. The first-order valence-electron chi connectivity index (χ1n) is 2.22. The van der Waals surface area contributed by atoms with Crippen molar-refractivity contribution in [1.29, 1.82) is 0 Å². The molecule has 1 rings (SSSR count). The van der Waals surface area contributed by atoms with E-state index in [1.54, 1.807) is 0 Å². The molecule has 56 valence electrons. The molecule has 0 spiro atoms. The predicted octanol–water partition coefficient (Wildman–Crippen LogP) is -2.41. The van der Waals surface area contributed by atoms with E-state index in [1.807, 2.05) is 0 Å². The number of hydrogen-bond acceptors (Lipinski definition) is 3. The second kappa shape index (κ2) is 3.91. The van der Waals surface area contributed by atoms with Crippen molar-refractivity contribution in [2.24, 2.45) is 0 Å². The van der Waals surface area contributed by atoms with Crippen LogP contribution in [0.3, 0.4) is 0 Å². The van der Waals surface area contributed by atoms with Gasteiger partial charge in [-0.2, -0.15) is 0 Å². The topological polar surface area (TPSA) is 80.8 Å². The van der Waals surface area contributed by atoms with E-state index >= 15 is 0 Å². The molecule has 0 saturated carbocycles. The van der Waals surface area contributed by atoms with Crippen LogP contribution in [-0.4, -0.2) is 29.6 Å². The standard InChI is InChI=1S/C3H2ClN3O3.Na.H/c4-3-6(9)1-5(8)2-7(3)10;;/h1-2H;;. The van der Waals surface area contributed by atoms with Gasteiger partial charge in [0.2, 0.25) is 0 Å². The van der Waals surface area contributed by atoms with Crippen molar-refractivity contribution < 1.29 is 14.2 Å². The van der Waals surface area contributed by atoms with Crippen LogP contribution >= 0.6 is 11.6 Å². The fourth-order valence-corrected chi connectivity index (χ4v) is 0.516. The van der Waals surface area contributed by atoms with Crippen molar-refractivity contribution in [3.8, 4) is 0 Å². The van der Waals surface area contributed by atoms with Gasteiger partial charge >= 0.3 is 47.5 Å². The van der Waals surface area contributed by atoms with E-state index in [2.05, 4.69) is 0 Å². The summed E-state index contributed by atoms with van der Waals surface area (Å²) in [5, 5.41) is 30.5. The van der Waals surface area contributed by atoms with E-state index in [4.69, 9.17) is 11.6 Å². The molecular weight excluding hydrogens is 184 g/mol. The van der Waals surface area contributed by atoms with E-state index in [0.29, 0.717) is 12.7 Å². The summed E-state index contributed by atoms with van der Waals surface area (Å²) < 4.78 is 0.00892. The quantitative estimate of drug-likeness (QED) is 0.258. The minimum Gasteiger partial charge on any atom is -0.610 e. The van der Waals surface area contributed by atoms with Crippen LogP contribution < -0.4 is 14.2 Å². The minimum absolute atomic E-state index is 0. The van der Waals surface area contributed by atoms with Gasteiger partial charge in [0.1, 0.15) is 0 Å². The van der Waals surface area contributed by atoms with Gasteiger partial charge < -0.3 is 15.6 Å². The summed E-state index contributed by atoms with van der Waals surface area (Å²) in [6.07, 6.45) is 1.19. The first kappa shape index (κ1) is 10.7. The third-order valence-electron chi connectivity index (χ3n) is 0.801. The molecule has 0 bridgehead atoms. The van der Waals surface area contributed by atoms with Gasteiger partial charge in [-0.15, -0.1) is 0 Å². The Morgan fingerprint density at radius 2 is 1.45 bits per heavy atom. The second-order valence-electron chi connectivity index (χ2n) is 1.51. The number of halogens is 1. The van der Waals surface area contributed by atoms with Gasteiger partial charge in [-0.1, -0.05) is 4.73 Å². The average Bonchev–Trinajstić information content (AvgIpc) is 1.82. The van der Waals surface area contributed by atoms with Crippen LogP contribution in [-0.2, 0) is 0 Å². The van der Waals surface area contributed by atoms with E-state index in [9.17, 15) is 15.6 Å². The van der Waals surface area contributed by atoms with Crippen molar-refractivity contribution in [3.05, 3.63) is 33.6 Å². The van der Waals surface area contributed by atoms with Crippen LogP contribution in [0.1, 0.15) is 0 Å². The molecule has 1 heterocycles. The first-order chi connectivity index (χ1) is 4.61. The van der Waals surface area contributed by atoms with Gasteiger partial charge in [0.05, 0.1) is 11.6 Å². The molecule has 0 amide bonds. The maximum Gasteiger partial charge on any atom is 0.553 e. The predicted molar refractivity (Wildman–Crippen MR) is 35.5 cm³/mol. The molecule has 6 nitrogen and oxygen atoms in total. The van der Waals surface area contributed by atoms with Crippen molar-refractivity contribution in [2.75, 3.05) is 0 Å². The fourth-order valence-electron chi connectivity index (χ4n) is 0.429. The zero-order valence-electron chi connectivity index (χ0n) is 4.60. The van der Waals surface area contributed by atoms with Crippen molar-refractivity contribution >= 4 is 41.2 Å². The van der Waals surface area contributed by atoms with Crippen LogP contribution in [0.25, 0.3) is 0 Å². The Labute approximate surface area is 88.7 Å². The molecule has 0 aliphatic heterocycles. The van der Waals surface area contributed by atoms with E-state index in [-0.39, 0.29) is 43.7 Å². The molecule has 0 aliphatic carbocycles. The summed E-state index contributed by atoms with van der Waals surface area (Å²) in [5.74, 6) is 0. The van der Waals surface area contributed by atoms with E-state index in [0.717, 1.165) is 0 Å². The molecule has 0 saturated heterocycles. The summed E-state index contributed by atoms with van der Waals surface area (Å²) in [5.41, 5.74) is 0. The molecule has 1 aromatic heterocycles. The maximum atomic E-state index is 10.4. The molecule has 8 heteroatoms. The third kappa shape index (κ3) is 2.33. The van der Waals surface area contributed by atoms with Crippen LogP contribution in [0.5, 0.6) is 0 Å². The van der Waals surface area contributed by atoms with Gasteiger partial charge in [-0.3, -0.25) is 0 Å². The smallest absolute Gasteiger partial charge is 0.553 e. The summed E-state index contributed by atoms with van der Waals surface area (Å²) in [4.78, 5) is 0. The molecule has 0 atom stereocenters. The Kier molecular flexibility index (Phi) is 3.81.